The minimum atomic E-state index is 0.541. The number of likely N-dealkylation sites (tertiary alicyclic amines) is 1. The van der Waals surface area contributed by atoms with Crippen LogP contribution in [0.2, 0.25) is 0 Å². The van der Waals surface area contributed by atoms with Gasteiger partial charge in [-0.1, -0.05) is 38.1 Å². The van der Waals surface area contributed by atoms with E-state index in [1.54, 1.807) is 0 Å². The molecule has 1 fully saturated rings. The van der Waals surface area contributed by atoms with Crippen molar-refractivity contribution in [3.63, 3.8) is 0 Å². The second-order valence-electron chi connectivity index (χ2n) is 6.83. The fraction of sp³-hybridized carbons (Fsp3) is 0.667. The maximum Gasteiger partial charge on any atom is 0.0231 e. The van der Waals surface area contributed by atoms with Gasteiger partial charge in [0.2, 0.25) is 0 Å². The summed E-state index contributed by atoms with van der Waals surface area (Å²) in [6.45, 7) is 8.80. The Hall–Kier alpha value is -0.900. The zero-order chi connectivity index (χ0) is 15.2. The van der Waals surface area contributed by atoms with Gasteiger partial charge in [-0.05, 0) is 44.6 Å². The summed E-state index contributed by atoms with van der Waals surface area (Å²) < 4.78 is 0. The first-order valence-electron chi connectivity index (χ1n) is 8.24. The molecular weight excluding hydrogens is 258 g/mol. The van der Waals surface area contributed by atoms with E-state index in [9.17, 15) is 0 Å². The van der Waals surface area contributed by atoms with Crippen LogP contribution < -0.4 is 5.32 Å². The van der Waals surface area contributed by atoms with Gasteiger partial charge in [-0.25, -0.2) is 0 Å². The lowest BCUT2D eigenvalue weighted by atomic mass is 10.1. The first-order valence-corrected chi connectivity index (χ1v) is 8.24. The van der Waals surface area contributed by atoms with Crippen molar-refractivity contribution < 1.29 is 0 Å². The molecule has 2 rings (SSSR count). The molecule has 1 heterocycles. The maximum atomic E-state index is 3.46. The summed E-state index contributed by atoms with van der Waals surface area (Å²) >= 11 is 0. The molecule has 118 valence electrons. The minimum Gasteiger partial charge on any atom is -0.310 e. The van der Waals surface area contributed by atoms with Gasteiger partial charge in [0.15, 0.2) is 0 Å². The van der Waals surface area contributed by atoms with Gasteiger partial charge in [-0.2, -0.15) is 0 Å². The molecule has 1 aromatic rings. The fourth-order valence-electron chi connectivity index (χ4n) is 3.03. The Bertz CT molecular complexity index is 413. The summed E-state index contributed by atoms with van der Waals surface area (Å²) in [6, 6.07) is 10.3. The first-order chi connectivity index (χ1) is 10.0. The average molecular weight is 289 g/mol. The van der Waals surface area contributed by atoms with Crippen LogP contribution in [0.4, 0.5) is 0 Å². The van der Waals surface area contributed by atoms with Crippen LogP contribution in [0, 0.1) is 0 Å². The van der Waals surface area contributed by atoms with Gasteiger partial charge in [-0.3, -0.25) is 0 Å². The summed E-state index contributed by atoms with van der Waals surface area (Å²) in [6.07, 6.45) is 2.70. The molecule has 1 aliphatic heterocycles. The Balaban J connectivity index is 1.79. The van der Waals surface area contributed by atoms with E-state index >= 15 is 0 Å². The third-order valence-corrected chi connectivity index (χ3v) is 4.38. The highest BCUT2D eigenvalue weighted by Crippen LogP contribution is 2.16. The highest BCUT2D eigenvalue weighted by molar-refractivity contribution is 5.22. The van der Waals surface area contributed by atoms with Gasteiger partial charge in [0.25, 0.3) is 0 Å². The fourth-order valence-corrected chi connectivity index (χ4v) is 3.03. The molecule has 0 aliphatic carbocycles. The zero-order valence-electron chi connectivity index (χ0n) is 14.1. The number of nitrogens with one attached hydrogen (secondary N) is 1. The van der Waals surface area contributed by atoms with E-state index in [1.807, 2.05) is 0 Å². The molecule has 1 atom stereocenters. The van der Waals surface area contributed by atoms with Crippen molar-refractivity contribution in [3.05, 3.63) is 35.4 Å². The summed E-state index contributed by atoms with van der Waals surface area (Å²) in [4.78, 5) is 4.95. The van der Waals surface area contributed by atoms with Gasteiger partial charge in [0.05, 0.1) is 0 Å². The van der Waals surface area contributed by atoms with Crippen molar-refractivity contribution in [1.29, 1.82) is 0 Å². The molecule has 0 amide bonds. The predicted octanol–water partition coefficient (Wildman–Crippen LogP) is 2.71. The normalized spacial score (nSPS) is 19.8. The van der Waals surface area contributed by atoms with Gasteiger partial charge < -0.3 is 15.1 Å². The standard InChI is InChI=1S/C18H31N3/c1-15(2)19-12-16-7-9-17(10-8-16)13-20(3)14-18-6-5-11-21(18)4/h7-10,15,18-19H,5-6,11-14H2,1-4H3. The molecule has 3 heteroatoms. The van der Waals surface area contributed by atoms with Gasteiger partial charge in [-0.15, -0.1) is 0 Å². The summed E-state index contributed by atoms with van der Waals surface area (Å²) in [5.41, 5.74) is 2.78. The molecule has 0 saturated carbocycles. The second-order valence-corrected chi connectivity index (χ2v) is 6.83. The highest BCUT2D eigenvalue weighted by Gasteiger charge is 2.21. The second kappa shape index (κ2) is 7.92. The third kappa shape index (κ3) is 5.42. The minimum absolute atomic E-state index is 0.541. The predicted molar refractivity (Wildman–Crippen MR) is 90.4 cm³/mol. The van der Waals surface area contributed by atoms with Crippen molar-refractivity contribution in [2.75, 3.05) is 27.2 Å². The Kier molecular flexibility index (Phi) is 6.22. The molecule has 1 N–H and O–H groups in total. The summed E-state index contributed by atoms with van der Waals surface area (Å²) in [7, 11) is 4.49. The average Bonchev–Trinajstić information content (AvgIpc) is 2.83. The Morgan fingerprint density at radius 2 is 1.90 bits per heavy atom. The van der Waals surface area contributed by atoms with E-state index in [-0.39, 0.29) is 0 Å². The number of nitrogens with zero attached hydrogens (tertiary/aromatic N) is 2. The number of rotatable bonds is 7. The van der Waals surface area contributed by atoms with Gasteiger partial charge >= 0.3 is 0 Å². The van der Waals surface area contributed by atoms with Crippen LogP contribution in [0.3, 0.4) is 0 Å². The lowest BCUT2D eigenvalue weighted by Crippen LogP contribution is -2.36. The van der Waals surface area contributed by atoms with Crippen LogP contribution in [0.5, 0.6) is 0 Å². The molecule has 1 saturated heterocycles. The number of likely N-dealkylation sites (N-methyl/N-ethyl adjacent to an activating group) is 2. The molecule has 0 radical (unpaired) electrons. The quantitative estimate of drug-likeness (QED) is 0.832. The van der Waals surface area contributed by atoms with Crippen LogP contribution in [0.15, 0.2) is 24.3 Å². The topological polar surface area (TPSA) is 18.5 Å². The first kappa shape index (κ1) is 16.5. The highest BCUT2D eigenvalue weighted by atomic mass is 15.2. The zero-order valence-corrected chi connectivity index (χ0v) is 14.1. The van der Waals surface area contributed by atoms with Crippen molar-refractivity contribution in [3.8, 4) is 0 Å². The van der Waals surface area contributed by atoms with Crippen molar-refractivity contribution in [2.45, 2.75) is 51.9 Å². The molecule has 0 aromatic heterocycles. The largest absolute Gasteiger partial charge is 0.310 e. The summed E-state index contributed by atoms with van der Waals surface area (Å²) in [5, 5.41) is 3.46. The molecular formula is C18H31N3. The van der Waals surface area contributed by atoms with Crippen LogP contribution in [-0.2, 0) is 13.1 Å². The van der Waals surface area contributed by atoms with E-state index in [1.165, 1.54) is 37.1 Å². The SMILES string of the molecule is CC(C)NCc1ccc(CN(C)CC2CCCN2C)cc1. The smallest absolute Gasteiger partial charge is 0.0231 e. The van der Waals surface area contributed by atoms with Crippen molar-refractivity contribution in [2.24, 2.45) is 0 Å². The summed E-state index contributed by atoms with van der Waals surface area (Å²) in [5.74, 6) is 0. The Labute approximate surface area is 130 Å². The molecule has 0 bridgehead atoms. The van der Waals surface area contributed by atoms with Gasteiger partial charge in [0, 0.05) is 31.7 Å². The number of benzene rings is 1. The van der Waals surface area contributed by atoms with Crippen LogP contribution in [-0.4, -0.2) is 49.1 Å². The Morgan fingerprint density at radius 1 is 1.24 bits per heavy atom. The molecule has 0 spiro atoms. The number of hydrogen-bond acceptors (Lipinski definition) is 3. The van der Waals surface area contributed by atoms with Crippen molar-refractivity contribution in [1.82, 2.24) is 15.1 Å². The lowest BCUT2D eigenvalue weighted by Gasteiger charge is -2.25. The van der Waals surface area contributed by atoms with Crippen LogP contribution in [0.1, 0.15) is 37.8 Å². The molecule has 21 heavy (non-hydrogen) atoms. The Morgan fingerprint density at radius 3 is 2.48 bits per heavy atom. The molecule has 3 nitrogen and oxygen atoms in total. The van der Waals surface area contributed by atoms with E-state index < -0.39 is 0 Å². The van der Waals surface area contributed by atoms with Crippen molar-refractivity contribution >= 4 is 0 Å². The monoisotopic (exact) mass is 289 g/mol. The van der Waals surface area contributed by atoms with E-state index in [4.69, 9.17) is 0 Å². The molecule has 1 unspecified atom stereocenters. The lowest BCUT2D eigenvalue weighted by molar-refractivity contribution is 0.215. The van der Waals surface area contributed by atoms with E-state index in [2.05, 4.69) is 67.3 Å². The van der Waals surface area contributed by atoms with E-state index in [0.717, 1.165) is 19.1 Å². The van der Waals surface area contributed by atoms with Gasteiger partial charge in [0.1, 0.15) is 0 Å². The van der Waals surface area contributed by atoms with E-state index in [0.29, 0.717) is 6.04 Å². The van der Waals surface area contributed by atoms with Crippen LogP contribution >= 0.6 is 0 Å². The third-order valence-electron chi connectivity index (χ3n) is 4.38. The molecule has 1 aliphatic rings. The number of hydrogen-bond donors (Lipinski definition) is 1. The van der Waals surface area contributed by atoms with Crippen LogP contribution in [0.25, 0.3) is 0 Å². The maximum absolute atomic E-state index is 3.46. The molecule has 1 aromatic carbocycles.